The second-order valence-corrected chi connectivity index (χ2v) is 6.67. The van der Waals surface area contributed by atoms with Crippen molar-refractivity contribution in [3.8, 4) is 0 Å². The minimum Gasteiger partial charge on any atom is -0.265 e. The predicted molar refractivity (Wildman–Crippen MR) is 80.1 cm³/mol. The fourth-order valence-electron chi connectivity index (χ4n) is 4.35. The zero-order valence-corrected chi connectivity index (χ0v) is 12.1. The van der Waals surface area contributed by atoms with Crippen molar-refractivity contribution in [3.63, 3.8) is 0 Å². The molecule has 0 spiro atoms. The van der Waals surface area contributed by atoms with Crippen LogP contribution in [0.2, 0.25) is 0 Å². The van der Waals surface area contributed by atoms with Gasteiger partial charge in [-0.25, -0.2) is 0 Å². The van der Waals surface area contributed by atoms with E-state index < -0.39 is 0 Å². The van der Waals surface area contributed by atoms with Gasteiger partial charge in [0.2, 0.25) is 0 Å². The number of hydrogen-bond acceptors (Lipinski definition) is 1. The van der Waals surface area contributed by atoms with Gasteiger partial charge in [-0.15, -0.1) is 0 Å². The molecule has 1 heterocycles. The SMILES string of the molecule is c1cc(C(CC2CCCCC2)C2CCCC2)ccn1. The molecular weight excluding hydrogens is 230 g/mol. The highest BCUT2D eigenvalue weighted by atomic mass is 14.6. The minimum absolute atomic E-state index is 0.814. The first kappa shape index (κ1) is 13.1. The quantitative estimate of drug-likeness (QED) is 0.710. The molecule has 1 aromatic heterocycles. The van der Waals surface area contributed by atoms with Crippen LogP contribution in [0, 0.1) is 11.8 Å². The third kappa shape index (κ3) is 3.38. The number of rotatable bonds is 4. The Labute approximate surface area is 117 Å². The van der Waals surface area contributed by atoms with Crippen molar-refractivity contribution in [2.24, 2.45) is 11.8 Å². The average molecular weight is 257 g/mol. The molecule has 1 heteroatoms. The summed E-state index contributed by atoms with van der Waals surface area (Å²) in [6.45, 7) is 0. The Hall–Kier alpha value is -0.850. The van der Waals surface area contributed by atoms with Crippen LogP contribution in [-0.4, -0.2) is 4.98 Å². The van der Waals surface area contributed by atoms with Gasteiger partial charge in [-0.05, 0) is 54.7 Å². The van der Waals surface area contributed by atoms with E-state index in [4.69, 9.17) is 0 Å². The molecule has 0 radical (unpaired) electrons. The summed E-state index contributed by atoms with van der Waals surface area (Å²) in [5.74, 6) is 2.76. The third-order valence-electron chi connectivity index (χ3n) is 5.42. The lowest BCUT2D eigenvalue weighted by atomic mass is 9.75. The van der Waals surface area contributed by atoms with Crippen LogP contribution >= 0.6 is 0 Å². The maximum Gasteiger partial charge on any atom is 0.0270 e. The van der Waals surface area contributed by atoms with Crippen LogP contribution in [-0.2, 0) is 0 Å². The van der Waals surface area contributed by atoms with Crippen LogP contribution in [0.3, 0.4) is 0 Å². The monoisotopic (exact) mass is 257 g/mol. The number of nitrogens with zero attached hydrogens (tertiary/aromatic N) is 1. The van der Waals surface area contributed by atoms with Crippen LogP contribution in [0.5, 0.6) is 0 Å². The molecule has 0 N–H and O–H groups in total. The van der Waals surface area contributed by atoms with Gasteiger partial charge in [0.15, 0.2) is 0 Å². The van der Waals surface area contributed by atoms with Gasteiger partial charge in [0, 0.05) is 12.4 Å². The van der Waals surface area contributed by atoms with Gasteiger partial charge in [0.25, 0.3) is 0 Å². The van der Waals surface area contributed by atoms with Gasteiger partial charge in [0.1, 0.15) is 0 Å². The van der Waals surface area contributed by atoms with E-state index in [2.05, 4.69) is 17.1 Å². The van der Waals surface area contributed by atoms with Crippen LogP contribution in [0.25, 0.3) is 0 Å². The summed E-state index contributed by atoms with van der Waals surface area (Å²) in [4.78, 5) is 4.20. The van der Waals surface area contributed by atoms with Gasteiger partial charge in [-0.3, -0.25) is 4.98 Å². The Morgan fingerprint density at radius 3 is 2.21 bits per heavy atom. The lowest BCUT2D eigenvalue weighted by molar-refractivity contribution is 0.280. The lowest BCUT2D eigenvalue weighted by Crippen LogP contribution is -2.17. The zero-order valence-electron chi connectivity index (χ0n) is 12.1. The minimum atomic E-state index is 0.814. The molecule has 0 saturated heterocycles. The molecular formula is C18H27N. The number of aromatic nitrogens is 1. The first-order valence-corrected chi connectivity index (χ1v) is 8.33. The highest BCUT2D eigenvalue weighted by Crippen LogP contribution is 2.43. The molecule has 0 amide bonds. The van der Waals surface area contributed by atoms with Gasteiger partial charge in [0.05, 0.1) is 0 Å². The van der Waals surface area contributed by atoms with Gasteiger partial charge in [-0.1, -0.05) is 44.9 Å². The van der Waals surface area contributed by atoms with E-state index in [1.807, 2.05) is 12.4 Å². The van der Waals surface area contributed by atoms with E-state index >= 15 is 0 Å². The molecule has 0 bridgehead atoms. The Balaban J connectivity index is 1.72. The Morgan fingerprint density at radius 2 is 1.53 bits per heavy atom. The summed E-state index contributed by atoms with van der Waals surface area (Å²) >= 11 is 0. The maximum atomic E-state index is 4.20. The largest absolute Gasteiger partial charge is 0.265 e. The van der Waals surface area contributed by atoms with Crippen LogP contribution < -0.4 is 0 Å². The molecule has 19 heavy (non-hydrogen) atoms. The average Bonchev–Trinajstić information content (AvgIpc) is 3.01. The molecule has 3 rings (SSSR count). The van der Waals surface area contributed by atoms with E-state index in [1.165, 1.54) is 64.2 Å². The summed E-state index contributed by atoms with van der Waals surface area (Å²) in [5, 5.41) is 0. The van der Waals surface area contributed by atoms with Gasteiger partial charge >= 0.3 is 0 Å². The first-order chi connectivity index (χ1) is 9.43. The van der Waals surface area contributed by atoms with Crippen LogP contribution in [0.4, 0.5) is 0 Å². The fraction of sp³-hybridized carbons (Fsp3) is 0.722. The number of hydrogen-bond donors (Lipinski definition) is 0. The normalized spacial score (nSPS) is 23.6. The highest BCUT2D eigenvalue weighted by molar-refractivity contribution is 5.17. The molecule has 1 unspecified atom stereocenters. The number of pyridine rings is 1. The van der Waals surface area contributed by atoms with Crippen molar-refractivity contribution in [2.45, 2.75) is 70.1 Å². The van der Waals surface area contributed by atoms with Crippen molar-refractivity contribution >= 4 is 0 Å². The lowest BCUT2D eigenvalue weighted by Gasteiger charge is -2.30. The van der Waals surface area contributed by atoms with Crippen LogP contribution in [0.1, 0.15) is 75.7 Å². The van der Waals surface area contributed by atoms with Gasteiger partial charge < -0.3 is 0 Å². The molecule has 2 aliphatic rings. The first-order valence-electron chi connectivity index (χ1n) is 8.33. The van der Waals surface area contributed by atoms with E-state index in [0.29, 0.717) is 0 Å². The zero-order chi connectivity index (χ0) is 12.9. The van der Waals surface area contributed by atoms with Crippen molar-refractivity contribution in [1.82, 2.24) is 4.98 Å². The molecule has 2 fully saturated rings. The molecule has 1 nitrogen and oxygen atoms in total. The Morgan fingerprint density at radius 1 is 0.895 bits per heavy atom. The summed E-state index contributed by atoms with van der Waals surface area (Å²) < 4.78 is 0. The Bertz CT molecular complexity index is 361. The van der Waals surface area contributed by atoms with Crippen molar-refractivity contribution < 1.29 is 0 Å². The molecule has 0 aliphatic heterocycles. The molecule has 1 aromatic rings. The Kier molecular flexibility index (Phi) is 4.53. The summed E-state index contributed by atoms with van der Waals surface area (Å²) in [5.41, 5.74) is 1.56. The fourth-order valence-corrected chi connectivity index (χ4v) is 4.35. The molecule has 2 saturated carbocycles. The van der Waals surface area contributed by atoms with Crippen molar-refractivity contribution in [2.75, 3.05) is 0 Å². The highest BCUT2D eigenvalue weighted by Gasteiger charge is 2.29. The topological polar surface area (TPSA) is 12.9 Å². The molecule has 104 valence electrons. The standard InChI is InChI=1S/C18H27N/c1-2-6-15(7-3-1)14-18(16-8-4-5-9-16)17-10-12-19-13-11-17/h10-13,15-16,18H,1-9,14H2. The van der Waals surface area contributed by atoms with E-state index in [0.717, 1.165) is 17.8 Å². The summed E-state index contributed by atoms with van der Waals surface area (Å²) in [6, 6.07) is 4.54. The second kappa shape index (κ2) is 6.54. The maximum absolute atomic E-state index is 4.20. The van der Waals surface area contributed by atoms with E-state index in [9.17, 15) is 0 Å². The summed E-state index contributed by atoms with van der Waals surface area (Å²) in [6.07, 6.45) is 18.6. The third-order valence-corrected chi connectivity index (χ3v) is 5.42. The molecule has 2 aliphatic carbocycles. The summed E-state index contributed by atoms with van der Waals surface area (Å²) in [7, 11) is 0. The van der Waals surface area contributed by atoms with Crippen LogP contribution in [0.15, 0.2) is 24.5 Å². The smallest absolute Gasteiger partial charge is 0.0270 e. The van der Waals surface area contributed by atoms with E-state index in [1.54, 1.807) is 5.56 Å². The van der Waals surface area contributed by atoms with Crippen molar-refractivity contribution in [3.05, 3.63) is 30.1 Å². The predicted octanol–water partition coefficient (Wildman–Crippen LogP) is 5.33. The van der Waals surface area contributed by atoms with Crippen molar-refractivity contribution in [1.29, 1.82) is 0 Å². The second-order valence-electron chi connectivity index (χ2n) is 6.67. The molecule has 1 atom stereocenters. The van der Waals surface area contributed by atoms with Gasteiger partial charge in [-0.2, -0.15) is 0 Å². The van der Waals surface area contributed by atoms with E-state index in [-0.39, 0.29) is 0 Å². The molecule has 0 aromatic carbocycles.